The van der Waals surface area contributed by atoms with Gasteiger partial charge in [-0.25, -0.2) is 0 Å². The number of anilines is 1. The summed E-state index contributed by atoms with van der Waals surface area (Å²) in [6.45, 7) is 2.09. The molecule has 0 bridgehead atoms. The third-order valence-corrected chi connectivity index (χ3v) is 10.3. The number of nitrogens with zero attached hydrogens (tertiary/aromatic N) is 1. The van der Waals surface area contributed by atoms with E-state index < -0.39 is 6.89 Å². The minimum Gasteiger partial charge on any atom is -0.378 e. The van der Waals surface area contributed by atoms with Gasteiger partial charge in [-0.05, 0) is 53.0 Å². The van der Waals surface area contributed by atoms with Crippen molar-refractivity contribution in [3.05, 3.63) is 132 Å². The van der Waals surface area contributed by atoms with Crippen LogP contribution in [0.15, 0.2) is 127 Å². The van der Waals surface area contributed by atoms with Gasteiger partial charge >= 0.3 is 0 Å². The second-order valence-electron chi connectivity index (χ2n) is 9.85. The molecule has 0 N–H and O–H groups in total. The van der Waals surface area contributed by atoms with Gasteiger partial charge in [0.2, 0.25) is 0 Å². The quantitative estimate of drug-likeness (QED) is 0.136. The van der Waals surface area contributed by atoms with Crippen LogP contribution in [0, 0.1) is 5.92 Å². The summed E-state index contributed by atoms with van der Waals surface area (Å²) in [6, 6.07) is 40.2. The van der Waals surface area contributed by atoms with Crippen molar-refractivity contribution in [2.24, 2.45) is 5.92 Å². The average Bonchev–Trinajstić information content (AvgIpc) is 2.99. The van der Waals surface area contributed by atoms with Crippen LogP contribution in [0.4, 0.5) is 5.69 Å². The number of allylic oxidation sites excluding steroid dienone is 1. The van der Waals surface area contributed by atoms with Gasteiger partial charge in [-0.3, -0.25) is 4.79 Å². The summed E-state index contributed by atoms with van der Waals surface area (Å²) >= 11 is 0. The lowest BCUT2D eigenvalue weighted by Gasteiger charge is -2.26. The average molecular weight is 538 g/mol. The van der Waals surface area contributed by atoms with Crippen molar-refractivity contribution in [3.8, 4) is 0 Å². The van der Waals surface area contributed by atoms with Gasteiger partial charge in [0, 0.05) is 32.8 Å². The van der Waals surface area contributed by atoms with Crippen LogP contribution in [-0.2, 0) is 9.53 Å². The van der Waals surface area contributed by atoms with Gasteiger partial charge in [-0.2, -0.15) is 0 Å². The molecule has 2 unspecified atom stereocenters. The number of benzene rings is 4. The smallest absolute Gasteiger partial charge is 0.145 e. The summed E-state index contributed by atoms with van der Waals surface area (Å²) in [5.74, 6) is 0.153. The minimum atomic E-state index is -1.78. The van der Waals surface area contributed by atoms with E-state index in [0.29, 0.717) is 0 Å². The number of carbonyl (C=O) groups is 1. The van der Waals surface area contributed by atoms with E-state index in [4.69, 9.17) is 11.0 Å². The molecule has 0 spiro atoms. The van der Waals surface area contributed by atoms with E-state index in [2.05, 4.69) is 127 Å². The summed E-state index contributed by atoms with van der Waals surface area (Å²) in [6.07, 6.45) is 7.47. The summed E-state index contributed by atoms with van der Waals surface area (Å²) < 4.78 is 5.57. The molecule has 0 aliphatic rings. The van der Waals surface area contributed by atoms with E-state index in [1.54, 1.807) is 7.11 Å². The van der Waals surface area contributed by atoms with Crippen LogP contribution in [0.2, 0.25) is 0 Å². The molecule has 202 valence electrons. The highest BCUT2D eigenvalue weighted by Crippen LogP contribution is 2.41. The maximum atomic E-state index is 10.7. The molecule has 4 rings (SSSR count). The predicted molar refractivity (Wildman–Crippen MR) is 172 cm³/mol. The number of rotatable bonds is 9. The fraction of sp³-hybridized carbons (Fsp3) is 0.200. The van der Waals surface area contributed by atoms with Crippen LogP contribution < -0.4 is 20.8 Å². The third kappa shape index (κ3) is 7.69. The molecule has 0 amide bonds. The van der Waals surface area contributed by atoms with E-state index in [9.17, 15) is 4.79 Å². The van der Waals surface area contributed by atoms with Crippen molar-refractivity contribution < 1.29 is 9.53 Å². The number of hydrogen-bond acceptors (Lipinski definition) is 3. The molecule has 0 radical (unpaired) electrons. The van der Waals surface area contributed by atoms with Crippen LogP contribution in [0.3, 0.4) is 0 Å². The maximum absolute atomic E-state index is 10.7. The Hall–Kier alpha value is -3.65. The monoisotopic (exact) mass is 537 g/mol. The minimum absolute atomic E-state index is 0.0360. The lowest BCUT2D eigenvalue weighted by atomic mass is 9.95. The molecule has 3 nitrogen and oxygen atoms in total. The zero-order valence-electron chi connectivity index (χ0n) is 23.7. The van der Waals surface area contributed by atoms with Gasteiger partial charge in [0.25, 0.3) is 0 Å². The molecule has 4 heteroatoms. The first-order chi connectivity index (χ1) is 18.8. The SMILES string of the molecule is C=P(c1ccccc1)(c1ccccc1)c1ccccc1.COC(c1ccc(N(C)C)cc1)C(C)/C=C(\C)C=O. The first-order valence-corrected chi connectivity index (χ1v) is 15.1. The summed E-state index contributed by atoms with van der Waals surface area (Å²) in [5.41, 5.74) is 3.01. The second kappa shape index (κ2) is 14.5. The van der Waals surface area contributed by atoms with Gasteiger partial charge < -0.3 is 9.64 Å². The predicted octanol–water partition coefficient (Wildman–Crippen LogP) is 6.63. The Morgan fingerprint density at radius 2 is 1.18 bits per heavy atom. The van der Waals surface area contributed by atoms with Gasteiger partial charge in [-0.15, -0.1) is 0 Å². The van der Waals surface area contributed by atoms with Crippen LogP contribution in [-0.4, -0.2) is 33.8 Å². The molecule has 0 fully saturated rings. The fourth-order valence-corrected chi connectivity index (χ4v) is 7.59. The molecule has 0 saturated carbocycles. The van der Waals surface area contributed by atoms with E-state index in [1.807, 2.05) is 27.1 Å². The summed E-state index contributed by atoms with van der Waals surface area (Å²) in [5, 5.41) is 3.95. The van der Waals surface area contributed by atoms with Crippen LogP contribution in [0.25, 0.3) is 0 Å². The number of carbonyl (C=O) groups excluding carboxylic acids is 1. The highest BCUT2D eigenvalue weighted by atomic mass is 31.2. The third-order valence-electron chi connectivity index (χ3n) is 6.77. The Morgan fingerprint density at radius 3 is 1.51 bits per heavy atom. The molecule has 4 aromatic carbocycles. The van der Waals surface area contributed by atoms with Gasteiger partial charge in [0.1, 0.15) is 6.29 Å². The van der Waals surface area contributed by atoms with E-state index in [-0.39, 0.29) is 12.0 Å². The Balaban J connectivity index is 0.000000216. The summed E-state index contributed by atoms with van der Waals surface area (Å²) in [7, 11) is 5.73. The largest absolute Gasteiger partial charge is 0.378 e. The Bertz CT molecular complexity index is 1260. The Morgan fingerprint density at radius 1 is 0.769 bits per heavy atom. The van der Waals surface area contributed by atoms with E-state index in [1.165, 1.54) is 15.9 Å². The highest BCUT2D eigenvalue weighted by molar-refractivity contribution is 7.93. The van der Waals surface area contributed by atoms with Gasteiger partial charge in [-0.1, -0.05) is 122 Å². The van der Waals surface area contributed by atoms with Crippen LogP contribution in [0.1, 0.15) is 25.5 Å². The van der Waals surface area contributed by atoms with Crippen LogP contribution in [0.5, 0.6) is 0 Å². The normalized spacial score (nSPS) is 13.0. The van der Waals surface area contributed by atoms with Crippen molar-refractivity contribution in [2.75, 3.05) is 26.1 Å². The first-order valence-electron chi connectivity index (χ1n) is 13.1. The number of ether oxygens (including phenoxy) is 1. The zero-order valence-corrected chi connectivity index (χ0v) is 24.6. The molecule has 4 aromatic rings. The topological polar surface area (TPSA) is 29.5 Å². The van der Waals surface area contributed by atoms with Gasteiger partial charge in [0.15, 0.2) is 0 Å². The molecular formula is C35H40NO2P. The highest BCUT2D eigenvalue weighted by Gasteiger charge is 2.21. The summed E-state index contributed by atoms with van der Waals surface area (Å²) in [4.78, 5) is 12.8. The maximum Gasteiger partial charge on any atom is 0.145 e. The van der Waals surface area contributed by atoms with Crippen molar-refractivity contribution in [2.45, 2.75) is 20.0 Å². The Labute approximate surface area is 234 Å². The lowest BCUT2D eigenvalue weighted by Crippen LogP contribution is -2.25. The molecule has 0 heterocycles. The number of hydrogen-bond donors (Lipinski definition) is 0. The van der Waals surface area contributed by atoms with Gasteiger partial charge in [0.05, 0.1) is 6.10 Å². The van der Waals surface area contributed by atoms with E-state index >= 15 is 0 Å². The first kappa shape index (κ1) is 29.9. The fourth-order valence-electron chi connectivity index (χ4n) is 4.65. The number of methoxy groups -OCH3 is 1. The molecule has 2 atom stereocenters. The number of aldehydes is 1. The van der Waals surface area contributed by atoms with Crippen molar-refractivity contribution in [1.82, 2.24) is 0 Å². The van der Waals surface area contributed by atoms with E-state index in [0.717, 1.165) is 23.1 Å². The van der Waals surface area contributed by atoms with Crippen molar-refractivity contribution in [3.63, 3.8) is 0 Å². The van der Waals surface area contributed by atoms with Crippen molar-refractivity contribution >= 4 is 41.1 Å². The molecule has 0 aliphatic carbocycles. The standard InChI is InChI=1S/C19H17P.C16H23NO2/c1-20(17-11-5-2-6-12-17,18-13-7-3-8-14-18)19-15-9-4-10-16-19;1-12(11-18)10-13(2)16(19-5)14-6-8-15(9-7-14)17(3)4/h2-16H,1H2;6-11,13,16H,1-5H3/b;12-10+. The van der Waals surface area contributed by atoms with Crippen molar-refractivity contribution in [1.29, 1.82) is 0 Å². The molecule has 0 saturated heterocycles. The second-order valence-corrected chi connectivity index (χ2v) is 13.0. The molecule has 39 heavy (non-hydrogen) atoms. The molecule has 0 aliphatic heterocycles. The lowest BCUT2D eigenvalue weighted by molar-refractivity contribution is -0.104. The zero-order chi connectivity index (χ0) is 28.3. The molecule has 0 aromatic heterocycles. The molecular weight excluding hydrogens is 497 g/mol. The Kier molecular flexibility index (Phi) is 11.1. The van der Waals surface area contributed by atoms with Crippen LogP contribution >= 0.6 is 6.89 Å².